The first-order valence-corrected chi connectivity index (χ1v) is 6.75. The number of thiophene rings is 1. The van der Waals surface area contributed by atoms with Crippen molar-refractivity contribution in [2.45, 2.75) is 6.61 Å². The summed E-state index contributed by atoms with van der Waals surface area (Å²) in [5.74, 6) is 0.0367. The molecule has 4 heteroatoms. The van der Waals surface area contributed by atoms with Crippen LogP contribution in [0, 0.1) is 5.82 Å². The van der Waals surface area contributed by atoms with Gasteiger partial charge in [0.05, 0.1) is 5.69 Å². The summed E-state index contributed by atoms with van der Waals surface area (Å²) in [4.78, 5) is 0. The second kappa shape index (κ2) is 4.90. The van der Waals surface area contributed by atoms with Crippen LogP contribution in [0.3, 0.4) is 0 Å². The van der Waals surface area contributed by atoms with Crippen molar-refractivity contribution in [1.29, 1.82) is 0 Å². The SMILES string of the molecule is Nc1ccc(F)cc1OCc1csc2ccccc12. The third-order valence-corrected chi connectivity index (χ3v) is 3.93. The van der Waals surface area contributed by atoms with Gasteiger partial charge in [-0.3, -0.25) is 0 Å². The fourth-order valence-corrected chi connectivity index (χ4v) is 2.88. The summed E-state index contributed by atoms with van der Waals surface area (Å²) in [7, 11) is 0. The van der Waals surface area contributed by atoms with Crippen molar-refractivity contribution in [3.8, 4) is 5.75 Å². The van der Waals surface area contributed by atoms with Crippen molar-refractivity contribution in [3.05, 3.63) is 59.2 Å². The highest BCUT2D eigenvalue weighted by molar-refractivity contribution is 7.17. The van der Waals surface area contributed by atoms with E-state index in [-0.39, 0.29) is 5.82 Å². The van der Waals surface area contributed by atoms with Gasteiger partial charge in [-0.25, -0.2) is 4.39 Å². The van der Waals surface area contributed by atoms with Gasteiger partial charge in [-0.15, -0.1) is 11.3 Å². The smallest absolute Gasteiger partial charge is 0.145 e. The minimum Gasteiger partial charge on any atom is -0.487 e. The van der Waals surface area contributed by atoms with Gasteiger partial charge in [0.2, 0.25) is 0 Å². The van der Waals surface area contributed by atoms with Gasteiger partial charge >= 0.3 is 0 Å². The van der Waals surface area contributed by atoms with Gasteiger partial charge in [0.1, 0.15) is 18.2 Å². The molecule has 19 heavy (non-hydrogen) atoms. The third-order valence-electron chi connectivity index (χ3n) is 2.92. The molecule has 0 bridgehead atoms. The highest BCUT2D eigenvalue weighted by Crippen LogP contribution is 2.28. The second-order valence-electron chi connectivity index (χ2n) is 4.23. The molecule has 2 aromatic carbocycles. The molecule has 0 spiro atoms. The van der Waals surface area contributed by atoms with Crippen molar-refractivity contribution in [3.63, 3.8) is 0 Å². The Bertz CT molecular complexity index is 723. The van der Waals surface area contributed by atoms with E-state index in [0.29, 0.717) is 18.0 Å². The van der Waals surface area contributed by atoms with Crippen molar-refractivity contribution in [1.82, 2.24) is 0 Å². The van der Waals surface area contributed by atoms with Crippen LogP contribution in [0.15, 0.2) is 47.8 Å². The summed E-state index contributed by atoms with van der Waals surface area (Å²) in [5.41, 5.74) is 7.29. The van der Waals surface area contributed by atoms with Gasteiger partial charge in [0, 0.05) is 16.3 Å². The maximum Gasteiger partial charge on any atom is 0.145 e. The predicted molar refractivity (Wildman–Crippen MR) is 77.0 cm³/mol. The molecule has 3 aromatic rings. The number of hydrogen-bond donors (Lipinski definition) is 1. The molecule has 96 valence electrons. The van der Waals surface area contributed by atoms with Gasteiger partial charge in [0.15, 0.2) is 0 Å². The van der Waals surface area contributed by atoms with Crippen LogP contribution in [-0.2, 0) is 6.61 Å². The average molecular weight is 273 g/mol. The first kappa shape index (κ1) is 12.0. The zero-order valence-electron chi connectivity index (χ0n) is 10.1. The molecule has 0 aliphatic rings. The topological polar surface area (TPSA) is 35.2 Å². The van der Waals surface area contributed by atoms with Gasteiger partial charge in [-0.05, 0) is 29.0 Å². The Kier molecular flexibility index (Phi) is 3.09. The Balaban J connectivity index is 1.84. The number of rotatable bonds is 3. The summed E-state index contributed by atoms with van der Waals surface area (Å²) in [5, 5.41) is 3.22. The molecule has 0 amide bonds. The van der Waals surface area contributed by atoms with Crippen molar-refractivity contribution >= 4 is 27.1 Å². The van der Waals surface area contributed by atoms with Crippen molar-refractivity contribution < 1.29 is 9.13 Å². The zero-order chi connectivity index (χ0) is 13.2. The lowest BCUT2D eigenvalue weighted by molar-refractivity contribution is 0.308. The fraction of sp³-hybridized carbons (Fsp3) is 0.0667. The van der Waals surface area contributed by atoms with Gasteiger partial charge in [0.25, 0.3) is 0 Å². The Labute approximate surface area is 114 Å². The molecule has 0 saturated heterocycles. The molecular formula is C15H12FNOS. The predicted octanol–water partition coefficient (Wildman–Crippen LogP) is 4.20. The molecule has 1 aromatic heterocycles. The lowest BCUT2D eigenvalue weighted by Gasteiger charge is -2.08. The highest BCUT2D eigenvalue weighted by atomic mass is 32.1. The number of halogens is 1. The Hall–Kier alpha value is -2.07. The molecule has 0 atom stereocenters. The monoisotopic (exact) mass is 273 g/mol. The Morgan fingerprint density at radius 3 is 2.89 bits per heavy atom. The van der Waals surface area contributed by atoms with Crippen LogP contribution in [0.2, 0.25) is 0 Å². The molecule has 0 fully saturated rings. The van der Waals surface area contributed by atoms with Crippen LogP contribution < -0.4 is 10.5 Å². The van der Waals surface area contributed by atoms with Crippen molar-refractivity contribution in [2.24, 2.45) is 0 Å². The van der Waals surface area contributed by atoms with Crippen LogP contribution in [0.5, 0.6) is 5.75 Å². The molecular weight excluding hydrogens is 261 g/mol. The Morgan fingerprint density at radius 1 is 1.16 bits per heavy atom. The molecule has 0 saturated carbocycles. The number of benzene rings is 2. The van der Waals surface area contributed by atoms with E-state index in [2.05, 4.69) is 17.5 Å². The summed E-state index contributed by atoms with van der Waals surface area (Å²) in [6, 6.07) is 12.3. The minimum atomic E-state index is -0.348. The molecule has 1 heterocycles. The zero-order valence-corrected chi connectivity index (χ0v) is 10.9. The van der Waals surface area contributed by atoms with Crippen LogP contribution in [0.4, 0.5) is 10.1 Å². The molecule has 0 aliphatic carbocycles. The third kappa shape index (κ3) is 2.39. The lowest BCUT2D eigenvalue weighted by atomic mass is 10.2. The number of nitrogens with two attached hydrogens (primary N) is 1. The van der Waals surface area contributed by atoms with E-state index < -0.39 is 0 Å². The number of hydrogen-bond acceptors (Lipinski definition) is 3. The highest BCUT2D eigenvalue weighted by Gasteiger charge is 2.06. The first-order valence-electron chi connectivity index (χ1n) is 5.87. The Morgan fingerprint density at radius 2 is 2.00 bits per heavy atom. The van der Waals surface area contributed by atoms with Crippen LogP contribution in [0.1, 0.15) is 5.56 Å². The lowest BCUT2D eigenvalue weighted by Crippen LogP contribution is -1.98. The number of nitrogen functional groups attached to an aromatic ring is 1. The maximum absolute atomic E-state index is 13.1. The quantitative estimate of drug-likeness (QED) is 0.726. The van der Waals surface area contributed by atoms with E-state index in [4.69, 9.17) is 10.5 Å². The second-order valence-corrected chi connectivity index (χ2v) is 5.14. The maximum atomic E-state index is 13.1. The summed E-state index contributed by atoms with van der Waals surface area (Å²) in [6.45, 7) is 0.387. The summed E-state index contributed by atoms with van der Waals surface area (Å²) < 4.78 is 20.0. The fourth-order valence-electron chi connectivity index (χ4n) is 1.93. The molecule has 2 N–H and O–H groups in total. The molecule has 3 rings (SSSR count). The molecule has 2 nitrogen and oxygen atoms in total. The van der Waals surface area contributed by atoms with E-state index in [0.717, 1.165) is 5.56 Å². The number of anilines is 1. The number of ether oxygens (including phenoxy) is 1. The van der Waals surface area contributed by atoms with E-state index >= 15 is 0 Å². The van der Waals surface area contributed by atoms with Crippen LogP contribution >= 0.6 is 11.3 Å². The largest absolute Gasteiger partial charge is 0.487 e. The summed E-state index contributed by atoms with van der Waals surface area (Å²) in [6.07, 6.45) is 0. The molecule has 0 radical (unpaired) electrons. The number of fused-ring (bicyclic) bond motifs is 1. The molecule has 0 aliphatic heterocycles. The van der Waals surface area contributed by atoms with Gasteiger partial charge in [-0.1, -0.05) is 18.2 Å². The van der Waals surface area contributed by atoms with E-state index in [1.807, 2.05) is 12.1 Å². The normalized spacial score (nSPS) is 10.8. The standard InChI is InChI=1S/C15H12FNOS/c16-11-5-6-13(17)14(7-11)18-8-10-9-19-15-4-2-1-3-12(10)15/h1-7,9H,8,17H2. The van der Waals surface area contributed by atoms with Crippen LogP contribution in [0.25, 0.3) is 10.1 Å². The average Bonchev–Trinajstić information content (AvgIpc) is 2.83. The van der Waals surface area contributed by atoms with E-state index in [9.17, 15) is 4.39 Å². The minimum absolute atomic E-state index is 0.348. The van der Waals surface area contributed by atoms with Gasteiger partial charge < -0.3 is 10.5 Å². The first-order chi connectivity index (χ1) is 9.24. The van der Waals surface area contributed by atoms with Crippen LogP contribution in [-0.4, -0.2) is 0 Å². The summed E-state index contributed by atoms with van der Waals surface area (Å²) >= 11 is 1.67. The van der Waals surface area contributed by atoms with Crippen molar-refractivity contribution in [2.75, 3.05) is 5.73 Å². The molecule has 0 unspecified atom stereocenters. The van der Waals surface area contributed by atoms with Gasteiger partial charge in [-0.2, -0.15) is 0 Å². The van der Waals surface area contributed by atoms with E-state index in [1.165, 1.54) is 28.3 Å². The van der Waals surface area contributed by atoms with E-state index in [1.54, 1.807) is 11.3 Å².